The predicted octanol–water partition coefficient (Wildman–Crippen LogP) is 5.20. The standard InChI is InChI=1S/C25H17N3O4/c1-31-15-6-4-5-13(11-15)22-20(19-17(27-22)10-9-14-12-26-28-23(14)19)21-24(29)16-7-2-3-8-18(16)32-25(21)30/h2-12,27,29H,1H3,(H,26,28). The SMILES string of the molecule is COc1cccc(-c2[nH]c3ccc4cn[nH]c4c3c2-c2c(O)c3ccccc3oc2=O)c1. The number of para-hydroxylation sites is 1. The second kappa shape index (κ2) is 6.75. The predicted molar refractivity (Wildman–Crippen MR) is 123 cm³/mol. The van der Waals surface area contributed by atoms with Crippen molar-refractivity contribution < 1.29 is 14.3 Å². The van der Waals surface area contributed by atoms with E-state index >= 15 is 0 Å². The van der Waals surface area contributed by atoms with Gasteiger partial charge in [0.1, 0.15) is 22.6 Å². The lowest BCUT2D eigenvalue weighted by Gasteiger charge is -2.10. The Bertz CT molecular complexity index is 1710. The van der Waals surface area contributed by atoms with Gasteiger partial charge in [-0.05, 0) is 36.4 Å². The van der Waals surface area contributed by atoms with Gasteiger partial charge in [-0.2, -0.15) is 5.10 Å². The third-order valence-corrected chi connectivity index (χ3v) is 5.77. The quantitative estimate of drug-likeness (QED) is 0.340. The summed E-state index contributed by atoms with van der Waals surface area (Å²) in [6, 6.07) is 18.3. The van der Waals surface area contributed by atoms with Crippen LogP contribution in [0.3, 0.4) is 0 Å². The van der Waals surface area contributed by atoms with Crippen LogP contribution in [0, 0.1) is 0 Å². The Morgan fingerprint density at radius 3 is 2.78 bits per heavy atom. The first-order valence-corrected chi connectivity index (χ1v) is 10.0. The van der Waals surface area contributed by atoms with Gasteiger partial charge in [-0.25, -0.2) is 4.79 Å². The maximum atomic E-state index is 13.2. The number of rotatable bonds is 3. The molecular weight excluding hydrogens is 406 g/mol. The van der Waals surface area contributed by atoms with E-state index in [1.54, 1.807) is 37.6 Å². The number of aromatic hydroxyl groups is 1. The van der Waals surface area contributed by atoms with Crippen molar-refractivity contribution in [1.29, 1.82) is 0 Å². The van der Waals surface area contributed by atoms with Crippen molar-refractivity contribution in [2.45, 2.75) is 0 Å². The van der Waals surface area contributed by atoms with E-state index in [1.807, 2.05) is 36.4 Å². The van der Waals surface area contributed by atoms with Crippen LogP contribution in [-0.4, -0.2) is 27.4 Å². The molecule has 6 aromatic rings. The third-order valence-electron chi connectivity index (χ3n) is 5.77. The Hall–Kier alpha value is -4.52. The summed E-state index contributed by atoms with van der Waals surface area (Å²) in [5.41, 5.74) is 3.36. The van der Waals surface area contributed by atoms with E-state index in [0.717, 1.165) is 27.4 Å². The molecule has 0 atom stereocenters. The Morgan fingerprint density at radius 1 is 1.03 bits per heavy atom. The van der Waals surface area contributed by atoms with Gasteiger partial charge in [-0.3, -0.25) is 5.10 Å². The topological polar surface area (TPSA) is 104 Å². The molecule has 156 valence electrons. The van der Waals surface area contributed by atoms with Gasteiger partial charge >= 0.3 is 5.63 Å². The fraction of sp³-hybridized carbons (Fsp3) is 0.0400. The molecule has 0 saturated heterocycles. The zero-order valence-electron chi connectivity index (χ0n) is 17.0. The summed E-state index contributed by atoms with van der Waals surface area (Å²) in [7, 11) is 1.60. The summed E-state index contributed by atoms with van der Waals surface area (Å²) in [5.74, 6) is 0.548. The molecule has 6 rings (SSSR count). The van der Waals surface area contributed by atoms with Crippen LogP contribution in [0.4, 0.5) is 0 Å². The molecular formula is C25H17N3O4. The molecule has 7 heteroatoms. The van der Waals surface area contributed by atoms with E-state index in [1.165, 1.54) is 0 Å². The number of hydrogen-bond acceptors (Lipinski definition) is 5. The third kappa shape index (κ3) is 2.54. The van der Waals surface area contributed by atoms with E-state index in [9.17, 15) is 9.90 Å². The van der Waals surface area contributed by atoms with Crippen molar-refractivity contribution in [2.75, 3.05) is 7.11 Å². The van der Waals surface area contributed by atoms with Crippen molar-refractivity contribution in [2.24, 2.45) is 0 Å². The number of H-pyrrole nitrogens is 2. The Kier molecular flexibility index (Phi) is 3.85. The molecule has 3 aromatic heterocycles. The Morgan fingerprint density at radius 2 is 1.91 bits per heavy atom. The number of nitrogens with one attached hydrogen (secondary N) is 2. The maximum Gasteiger partial charge on any atom is 0.348 e. The molecule has 0 bridgehead atoms. The highest BCUT2D eigenvalue weighted by Gasteiger charge is 2.25. The minimum Gasteiger partial charge on any atom is -0.506 e. The van der Waals surface area contributed by atoms with E-state index in [0.29, 0.717) is 28.0 Å². The van der Waals surface area contributed by atoms with Gasteiger partial charge in [-0.15, -0.1) is 0 Å². The van der Waals surface area contributed by atoms with Crippen LogP contribution in [0.5, 0.6) is 11.5 Å². The number of aromatic nitrogens is 3. The van der Waals surface area contributed by atoms with Crippen LogP contribution in [0.1, 0.15) is 0 Å². The molecule has 0 aliphatic heterocycles. The molecule has 0 saturated carbocycles. The molecule has 0 amide bonds. The van der Waals surface area contributed by atoms with Crippen LogP contribution in [0.15, 0.2) is 76.1 Å². The lowest BCUT2D eigenvalue weighted by molar-refractivity contribution is 0.415. The highest BCUT2D eigenvalue weighted by atomic mass is 16.5. The molecule has 0 fully saturated rings. The molecule has 0 aliphatic carbocycles. The van der Waals surface area contributed by atoms with Gasteiger partial charge in [0.05, 0.1) is 29.9 Å². The first kappa shape index (κ1) is 18.3. The van der Waals surface area contributed by atoms with Crippen molar-refractivity contribution >= 4 is 32.8 Å². The number of hydrogen-bond donors (Lipinski definition) is 3. The molecule has 0 aliphatic rings. The lowest BCUT2D eigenvalue weighted by Crippen LogP contribution is -2.04. The number of nitrogens with zero attached hydrogens (tertiary/aromatic N) is 1. The van der Waals surface area contributed by atoms with Crippen molar-refractivity contribution in [1.82, 2.24) is 15.2 Å². The Balaban J connectivity index is 1.81. The molecule has 0 radical (unpaired) electrons. The summed E-state index contributed by atoms with van der Waals surface area (Å²) in [6.07, 6.45) is 1.72. The fourth-order valence-electron chi connectivity index (χ4n) is 4.30. The molecule has 0 unspecified atom stereocenters. The first-order chi connectivity index (χ1) is 15.7. The van der Waals surface area contributed by atoms with Crippen LogP contribution >= 0.6 is 0 Å². The molecule has 3 aromatic carbocycles. The fourth-order valence-corrected chi connectivity index (χ4v) is 4.30. The summed E-state index contributed by atoms with van der Waals surface area (Å²) in [4.78, 5) is 16.6. The summed E-state index contributed by atoms with van der Waals surface area (Å²) >= 11 is 0. The van der Waals surface area contributed by atoms with E-state index in [4.69, 9.17) is 9.15 Å². The van der Waals surface area contributed by atoms with Gasteiger partial charge in [-0.1, -0.05) is 24.3 Å². The minimum absolute atomic E-state index is 0.0925. The number of methoxy groups -OCH3 is 1. The van der Waals surface area contributed by atoms with Crippen molar-refractivity contribution in [3.8, 4) is 33.9 Å². The van der Waals surface area contributed by atoms with E-state index in [-0.39, 0.29) is 11.3 Å². The molecule has 3 N–H and O–H groups in total. The molecule has 3 heterocycles. The summed E-state index contributed by atoms with van der Waals surface area (Å²) in [6.45, 7) is 0. The summed E-state index contributed by atoms with van der Waals surface area (Å²) < 4.78 is 11.0. The van der Waals surface area contributed by atoms with Crippen LogP contribution in [0.25, 0.3) is 55.2 Å². The summed E-state index contributed by atoms with van der Waals surface area (Å²) in [5, 5.41) is 20.5. The maximum absolute atomic E-state index is 13.2. The number of aromatic amines is 2. The van der Waals surface area contributed by atoms with Gasteiger partial charge in [0.2, 0.25) is 0 Å². The largest absolute Gasteiger partial charge is 0.506 e. The normalized spacial score (nSPS) is 11.5. The minimum atomic E-state index is -0.622. The lowest BCUT2D eigenvalue weighted by atomic mass is 9.96. The van der Waals surface area contributed by atoms with Gasteiger partial charge in [0.25, 0.3) is 0 Å². The molecule has 7 nitrogen and oxygen atoms in total. The monoisotopic (exact) mass is 423 g/mol. The van der Waals surface area contributed by atoms with Crippen LogP contribution in [0.2, 0.25) is 0 Å². The second-order valence-corrected chi connectivity index (χ2v) is 7.54. The van der Waals surface area contributed by atoms with E-state index in [2.05, 4.69) is 15.2 Å². The van der Waals surface area contributed by atoms with Gasteiger partial charge < -0.3 is 19.2 Å². The van der Waals surface area contributed by atoms with E-state index < -0.39 is 5.63 Å². The van der Waals surface area contributed by atoms with Crippen molar-refractivity contribution in [3.05, 3.63) is 77.3 Å². The smallest absolute Gasteiger partial charge is 0.348 e. The average Bonchev–Trinajstić information content (AvgIpc) is 3.44. The second-order valence-electron chi connectivity index (χ2n) is 7.54. The number of benzene rings is 3. The highest BCUT2D eigenvalue weighted by molar-refractivity contribution is 6.17. The van der Waals surface area contributed by atoms with Crippen LogP contribution < -0.4 is 10.4 Å². The first-order valence-electron chi connectivity index (χ1n) is 10.0. The highest BCUT2D eigenvalue weighted by Crippen LogP contribution is 2.44. The zero-order valence-corrected chi connectivity index (χ0v) is 17.0. The average molecular weight is 423 g/mol. The van der Waals surface area contributed by atoms with Gasteiger partial charge in [0, 0.05) is 27.4 Å². The Labute approximate surface area is 180 Å². The number of fused-ring (bicyclic) bond motifs is 4. The van der Waals surface area contributed by atoms with Crippen LogP contribution in [-0.2, 0) is 0 Å². The van der Waals surface area contributed by atoms with Gasteiger partial charge in [0.15, 0.2) is 0 Å². The zero-order chi connectivity index (χ0) is 21.8. The molecule has 32 heavy (non-hydrogen) atoms. The molecule has 0 spiro atoms. The van der Waals surface area contributed by atoms with Crippen molar-refractivity contribution in [3.63, 3.8) is 0 Å². The number of ether oxygens (including phenoxy) is 1.